The molecule has 1 aromatic heterocycles. The van der Waals surface area contributed by atoms with Crippen molar-refractivity contribution in [1.82, 2.24) is 20.0 Å². The van der Waals surface area contributed by atoms with Crippen molar-refractivity contribution < 1.29 is 0 Å². The van der Waals surface area contributed by atoms with Crippen LogP contribution in [0.3, 0.4) is 0 Å². The van der Waals surface area contributed by atoms with E-state index < -0.39 is 0 Å². The van der Waals surface area contributed by atoms with Gasteiger partial charge in [0.1, 0.15) is 0 Å². The monoisotopic (exact) mass is 250 g/mol. The van der Waals surface area contributed by atoms with Crippen LogP contribution in [0.15, 0.2) is 12.4 Å². The molecule has 4 nitrogen and oxygen atoms in total. The lowest BCUT2D eigenvalue weighted by molar-refractivity contribution is 0.205. The Morgan fingerprint density at radius 1 is 1.50 bits per heavy atom. The van der Waals surface area contributed by atoms with Crippen LogP contribution < -0.4 is 5.32 Å². The summed E-state index contributed by atoms with van der Waals surface area (Å²) in [6.07, 6.45) is 7.68. The molecule has 1 N–H and O–H groups in total. The van der Waals surface area contributed by atoms with Crippen LogP contribution >= 0.6 is 0 Å². The first-order valence-corrected chi connectivity index (χ1v) is 7.14. The molecular weight excluding hydrogens is 224 g/mol. The molecule has 0 bridgehead atoms. The maximum Gasteiger partial charge on any atom is 0.0522 e. The normalized spacial score (nSPS) is 26.2. The summed E-state index contributed by atoms with van der Waals surface area (Å²) in [5.74, 6) is 0. The molecule has 0 saturated carbocycles. The van der Waals surface area contributed by atoms with Crippen molar-refractivity contribution in [3.05, 3.63) is 18.0 Å². The fourth-order valence-corrected chi connectivity index (χ4v) is 2.67. The molecule has 1 aliphatic rings. The zero-order valence-electron chi connectivity index (χ0n) is 11.9. The van der Waals surface area contributed by atoms with Gasteiger partial charge in [-0.25, -0.2) is 0 Å². The first kappa shape index (κ1) is 13.6. The van der Waals surface area contributed by atoms with E-state index in [-0.39, 0.29) is 0 Å². The zero-order valence-corrected chi connectivity index (χ0v) is 11.9. The average molecular weight is 250 g/mol. The van der Waals surface area contributed by atoms with Crippen molar-refractivity contribution in [3.63, 3.8) is 0 Å². The minimum atomic E-state index is 0.656. The van der Waals surface area contributed by atoms with E-state index in [1.165, 1.54) is 24.9 Å². The second kappa shape index (κ2) is 6.34. The van der Waals surface area contributed by atoms with Gasteiger partial charge in [-0.3, -0.25) is 9.58 Å². The quantitative estimate of drug-likeness (QED) is 0.877. The number of rotatable bonds is 4. The fourth-order valence-electron chi connectivity index (χ4n) is 2.67. The Labute approximate surface area is 110 Å². The predicted molar refractivity (Wildman–Crippen MR) is 74.6 cm³/mol. The van der Waals surface area contributed by atoms with E-state index in [0.717, 1.165) is 19.5 Å². The highest BCUT2D eigenvalue weighted by Gasteiger charge is 2.21. The molecule has 1 fully saturated rings. The topological polar surface area (TPSA) is 33.1 Å². The maximum atomic E-state index is 4.23. The molecule has 102 valence electrons. The second-order valence-electron chi connectivity index (χ2n) is 5.46. The molecule has 0 radical (unpaired) electrons. The number of hydrogen-bond donors (Lipinski definition) is 1. The molecule has 0 amide bonds. The molecule has 4 heteroatoms. The molecule has 2 heterocycles. The van der Waals surface area contributed by atoms with Crippen molar-refractivity contribution in [2.45, 2.75) is 45.2 Å². The summed E-state index contributed by atoms with van der Waals surface area (Å²) >= 11 is 0. The third-order valence-corrected chi connectivity index (χ3v) is 4.01. The van der Waals surface area contributed by atoms with E-state index in [4.69, 9.17) is 0 Å². The van der Waals surface area contributed by atoms with E-state index in [1.807, 2.05) is 17.9 Å². The summed E-state index contributed by atoms with van der Waals surface area (Å²) in [5.41, 5.74) is 1.34. The third-order valence-electron chi connectivity index (χ3n) is 4.01. The smallest absolute Gasteiger partial charge is 0.0522 e. The first-order chi connectivity index (χ1) is 8.69. The summed E-state index contributed by atoms with van der Waals surface area (Å²) in [6, 6.07) is 1.34. The van der Waals surface area contributed by atoms with Gasteiger partial charge in [0.2, 0.25) is 0 Å². The van der Waals surface area contributed by atoms with Crippen LogP contribution in [-0.4, -0.2) is 46.4 Å². The summed E-state index contributed by atoms with van der Waals surface area (Å²) in [5, 5.41) is 7.87. The molecule has 2 atom stereocenters. The largest absolute Gasteiger partial charge is 0.313 e. The van der Waals surface area contributed by atoms with Gasteiger partial charge in [0.25, 0.3) is 0 Å². The summed E-state index contributed by atoms with van der Waals surface area (Å²) in [4.78, 5) is 2.63. The van der Waals surface area contributed by atoms with Crippen molar-refractivity contribution in [3.8, 4) is 0 Å². The Kier molecular flexibility index (Phi) is 4.78. The number of nitrogens with zero attached hydrogens (tertiary/aromatic N) is 3. The van der Waals surface area contributed by atoms with Gasteiger partial charge in [-0.15, -0.1) is 0 Å². The molecule has 0 aromatic carbocycles. The molecule has 1 saturated heterocycles. The van der Waals surface area contributed by atoms with Gasteiger partial charge in [-0.1, -0.05) is 6.92 Å². The standard InChI is InChI=1S/C14H26N4/c1-4-14-11-18(12(2)5-7-15-14)8-6-13-9-16-17(3)10-13/h9-10,12,14-15H,4-8,11H2,1-3H3. The Bertz CT molecular complexity index is 360. The Balaban J connectivity index is 1.89. The Hall–Kier alpha value is -0.870. The molecule has 1 aromatic rings. The number of aryl methyl sites for hydroxylation is 1. The van der Waals surface area contributed by atoms with Gasteiger partial charge in [-0.05, 0) is 38.3 Å². The minimum Gasteiger partial charge on any atom is -0.313 e. The van der Waals surface area contributed by atoms with Gasteiger partial charge >= 0.3 is 0 Å². The van der Waals surface area contributed by atoms with Gasteiger partial charge in [0, 0.05) is 38.4 Å². The molecule has 0 aliphatic carbocycles. The molecule has 18 heavy (non-hydrogen) atoms. The fraction of sp³-hybridized carbons (Fsp3) is 0.786. The van der Waals surface area contributed by atoms with E-state index in [9.17, 15) is 0 Å². The molecular formula is C14H26N4. The van der Waals surface area contributed by atoms with E-state index in [1.54, 1.807) is 0 Å². The van der Waals surface area contributed by atoms with Crippen LogP contribution in [0, 0.1) is 0 Å². The van der Waals surface area contributed by atoms with Gasteiger partial charge in [0.15, 0.2) is 0 Å². The molecule has 0 spiro atoms. The van der Waals surface area contributed by atoms with E-state index in [2.05, 4.69) is 35.4 Å². The van der Waals surface area contributed by atoms with Gasteiger partial charge in [0.05, 0.1) is 6.20 Å². The van der Waals surface area contributed by atoms with Gasteiger partial charge in [-0.2, -0.15) is 5.10 Å². The molecule has 2 unspecified atom stereocenters. The van der Waals surface area contributed by atoms with Crippen LogP contribution in [-0.2, 0) is 13.5 Å². The SMILES string of the molecule is CCC1CN(CCc2cnn(C)c2)C(C)CCN1. The minimum absolute atomic E-state index is 0.656. The molecule has 1 aliphatic heterocycles. The van der Waals surface area contributed by atoms with Crippen molar-refractivity contribution in [1.29, 1.82) is 0 Å². The Morgan fingerprint density at radius 3 is 3.00 bits per heavy atom. The molecule has 2 rings (SSSR count). The van der Waals surface area contributed by atoms with E-state index in [0.29, 0.717) is 12.1 Å². The summed E-state index contributed by atoms with van der Waals surface area (Å²) in [7, 11) is 1.98. The highest BCUT2D eigenvalue weighted by molar-refractivity contribution is 5.04. The highest BCUT2D eigenvalue weighted by Crippen LogP contribution is 2.12. The maximum absolute atomic E-state index is 4.23. The van der Waals surface area contributed by atoms with Crippen LogP contribution in [0.1, 0.15) is 32.3 Å². The van der Waals surface area contributed by atoms with Crippen molar-refractivity contribution in [2.75, 3.05) is 19.6 Å². The van der Waals surface area contributed by atoms with Crippen molar-refractivity contribution in [2.24, 2.45) is 7.05 Å². The second-order valence-corrected chi connectivity index (χ2v) is 5.46. The number of nitrogens with one attached hydrogen (secondary N) is 1. The summed E-state index contributed by atoms with van der Waals surface area (Å²) in [6.45, 7) is 8.10. The predicted octanol–water partition coefficient (Wildman–Crippen LogP) is 1.42. The van der Waals surface area contributed by atoms with E-state index >= 15 is 0 Å². The average Bonchev–Trinajstić information content (AvgIpc) is 2.68. The van der Waals surface area contributed by atoms with Crippen LogP contribution in [0.4, 0.5) is 0 Å². The number of hydrogen-bond acceptors (Lipinski definition) is 3. The first-order valence-electron chi connectivity index (χ1n) is 7.14. The lowest BCUT2D eigenvalue weighted by Gasteiger charge is -2.28. The van der Waals surface area contributed by atoms with Gasteiger partial charge < -0.3 is 5.32 Å². The van der Waals surface area contributed by atoms with Crippen LogP contribution in [0.2, 0.25) is 0 Å². The third kappa shape index (κ3) is 3.56. The zero-order chi connectivity index (χ0) is 13.0. The Morgan fingerprint density at radius 2 is 2.33 bits per heavy atom. The lowest BCUT2D eigenvalue weighted by Crippen LogP contribution is -2.40. The number of aromatic nitrogens is 2. The lowest BCUT2D eigenvalue weighted by atomic mass is 10.1. The van der Waals surface area contributed by atoms with Crippen LogP contribution in [0.25, 0.3) is 0 Å². The highest BCUT2D eigenvalue weighted by atomic mass is 15.2. The van der Waals surface area contributed by atoms with Crippen molar-refractivity contribution >= 4 is 0 Å². The van der Waals surface area contributed by atoms with Crippen LogP contribution in [0.5, 0.6) is 0 Å². The summed E-state index contributed by atoms with van der Waals surface area (Å²) < 4.78 is 1.89.